The first kappa shape index (κ1) is 15.3. The van der Waals surface area contributed by atoms with Gasteiger partial charge in [-0.3, -0.25) is 4.79 Å². The lowest BCUT2D eigenvalue weighted by Gasteiger charge is -2.21. The summed E-state index contributed by atoms with van der Waals surface area (Å²) in [5, 5.41) is 18.7. The quantitative estimate of drug-likeness (QED) is 0.850. The Hall–Kier alpha value is -2.08. The summed E-state index contributed by atoms with van der Waals surface area (Å²) < 4.78 is 5.47. The van der Waals surface area contributed by atoms with Gasteiger partial charge in [-0.1, -0.05) is 13.0 Å². The summed E-state index contributed by atoms with van der Waals surface area (Å²) in [6.45, 7) is 2.58. The van der Waals surface area contributed by atoms with E-state index in [0.29, 0.717) is 17.9 Å². The predicted octanol–water partition coefficient (Wildman–Crippen LogP) is 1.14. The highest BCUT2D eigenvalue weighted by Crippen LogP contribution is 2.22. The molecular formula is C15H19NO5. The van der Waals surface area contributed by atoms with Gasteiger partial charge in [0, 0.05) is 18.5 Å². The van der Waals surface area contributed by atoms with Gasteiger partial charge >= 0.3 is 5.97 Å². The summed E-state index contributed by atoms with van der Waals surface area (Å²) in [6.07, 6.45) is 0.125. The summed E-state index contributed by atoms with van der Waals surface area (Å²) in [7, 11) is 0. The molecule has 2 N–H and O–H groups in total. The first-order valence-corrected chi connectivity index (χ1v) is 6.97. The normalized spacial score (nSPS) is 21.3. The number of β-amino-alcohol motifs (C(OH)–C–C–N with tert-alkyl or cyclic N) is 1. The van der Waals surface area contributed by atoms with E-state index in [0.717, 1.165) is 6.42 Å². The van der Waals surface area contributed by atoms with Crippen LogP contribution in [0.4, 0.5) is 0 Å². The standard InChI is InChI=1S/C15H19NO5/c1-2-6-21-12-5-3-4-10(7-12)14(18)16-9-11(17)8-13(16)15(19)20/h3-5,7,11,13,17H,2,6,8-9H2,1H3,(H,19,20)/t11-,13-/m0/s1. The van der Waals surface area contributed by atoms with E-state index < -0.39 is 24.0 Å². The van der Waals surface area contributed by atoms with Crippen molar-refractivity contribution in [3.05, 3.63) is 29.8 Å². The van der Waals surface area contributed by atoms with Gasteiger partial charge in [0.15, 0.2) is 0 Å². The van der Waals surface area contributed by atoms with Crippen LogP contribution in [0.25, 0.3) is 0 Å². The lowest BCUT2D eigenvalue weighted by molar-refractivity contribution is -0.141. The lowest BCUT2D eigenvalue weighted by atomic mass is 10.1. The average molecular weight is 293 g/mol. The number of rotatable bonds is 5. The van der Waals surface area contributed by atoms with Gasteiger partial charge in [0.05, 0.1) is 12.7 Å². The van der Waals surface area contributed by atoms with Crippen molar-refractivity contribution < 1.29 is 24.5 Å². The molecule has 1 saturated heterocycles. The molecule has 2 atom stereocenters. The fraction of sp³-hybridized carbons (Fsp3) is 0.467. The molecule has 0 aromatic heterocycles. The number of aliphatic hydroxyl groups excluding tert-OH is 1. The molecule has 0 unspecified atom stereocenters. The van der Waals surface area contributed by atoms with E-state index in [4.69, 9.17) is 9.84 Å². The second-order valence-electron chi connectivity index (χ2n) is 5.08. The number of benzene rings is 1. The minimum Gasteiger partial charge on any atom is -0.494 e. The molecule has 0 radical (unpaired) electrons. The third-order valence-corrected chi connectivity index (χ3v) is 3.38. The maximum Gasteiger partial charge on any atom is 0.326 e. The summed E-state index contributed by atoms with van der Waals surface area (Å²) in [5.41, 5.74) is 0.365. The SMILES string of the molecule is CCCOc1cccc(C(=O)N2C[C@@H](O)C[C@H]2C(=O)O)c1. The van der Waals surface area contributed by atoms with Crippen LogP contribution in [0.3, 0.4) is 0 Å². The van der Waals surface area contributed by atoms with Crippen molar-refractivity contribution in [3.63, 3.8) is 0 Å². The number of amides is 1. The zero-order valence-electron chi connectivity index (χ0n) is 11.9. The van der Waals surface area contributed by atoms with E-state index in [9.17, 15) is 14.7 Å². The van der Waals surface area contributed by atoms with Crippen molar-refractivity contribution in [2.45, 2.75) is 31.9 Å². The van der Waals surface area contributed by atoms with Crippen LogP contribution < -0.4 is 4.74 Å². The Bertz CT molecular complexity index is 531. The highest BCUT2D eigenvalue weighted by atomic mass is 16.5. The van der Waals surface area contributed by atoms with E-state index in [1.165, 1.54) is 4.90 Å². The predicted molar refractivity (Wildman–Crippen MR) is 75.3 cm³/mol. The molecule has 0 bridgehead atoms. The molecule has 1 aliphatic rings. The number of hydrogen-bond donors (Lipinski definition) is 2. The minimum absolute atomic E-state index is 0.0375. The van der Waals surface area contributed by atoms with Crippen molar-refractivity contribution in [3.8, 4) is 5.75 Å². The van der Waals surface area contributed by atoms with Gasteiger partial charge in [-0.25, -0.2) is 4.79 Å². The Morgan fingerprint density at radius 2 is 2.19 bits per heavy atom. The van der Waals surface area contributed by atoms with Crippen LogP contribution in [0, 0.1) is 0 Å². The van der Waals surface area contributed by atoms with Gasteiger partial charge in [-0.05, 0) is 24.6 Å². The summed E-state index contributed by atoms with van der Waals surface area (Å²) in [6, 6.07) is 5.68. The maximum atomic E-state index is 12.4. The molecule has 114 valence electrons. The van der Waals surface area contributed by atoms with Crippen molar-refractivity contribution in [1.82, 2.24) is 4.90 Å². The molecular weight excluding hydrogens is 274 g/mol. The van der Waals surface area contributed by atoms with Crippen LogP contribution in [0.15, 0.2) is 24.3 Å². The fourth-order valence-electron chi connectivity index (χ4n) is 2.38. The first-order valence-electron chi connectivity index (χ1n) is 6.97. The van der Waals surface area contributed by atoms with Crippen LogP contribution >= 0.6 is 0 Å². The zero-order chi connectivity index (χ0) is 15.4. The summed E-state index contributed by atoms with van der Waals surface area (Å²) in [5.74, 6) is -0.923. The molecule has 1 aromatic rings. The smallest absolute Gasteiger partial charge is 0.326 e. The molecule has 0 aliphatic carbocycles. The minimum atomic E-state index is -1.10. The third kappa shape index (κ3) is 3.52. The molecule has 1 aromatic carbocycles. The Morgan fingerprint density at radius 1 is 1.43 bits per heavy atom. The fourth-order valence-corrected chi connectivity index (χ4v) is 2.38. The second-order valence-corrected chi connectivity index (χ2v) is 5.08. The van der Waals surface area contributed by atoms with Gasteiger partial charge < -0.3 is 19.8 Å². The highest BCUT2D eigenvalue weighted by Gasteiger charge is 2.39. The van der Waals surface area contributed by atoms with Gasteiger partial charge in [-0.15, -0.1) is 0 Å². The maximum absolute atomic E-state index is 12.4. The second kappa shape index (κ2) is 6.58. The van der Waals surface area contributed by atoms with E-state index in [2.05, 4.69) is 0 Å². The van der Waals surface area contributed by atoms with E-state index >= 15 is 0 Å². The number of likely N-dealkylation sites (tertiary alicyclic amines) is 1. The summed E-state index contributed by atoms with van der Waals surface area (Å²) >= 11 is 0. The van der Waals surface area contributed by atoms with E-state index in [1.807, 2.05) is 6.92 Å². The first-order chi connectivity index (χ1) is 10.0. The molecule has 0 spiro atoms. The largest absolute Gasteiger partial charge is 0.494 e. The highest BCUT2D eigenvalue weighted by molar-refractivity contribution is 5.97. The third-order valence-electron chi connectivity index (χ3n) is 3.38. The Morgan fingerprint density at radius 3 is 2.86 bits per heavy atom. The van der Waals surface area contributed by atoms with Crippen LogP contribution in [0.5, 0.6) is 5.75 Å². The molecule has 2 rings (SSSR count). The molecule has 6 nitrogen and oxygen atoms in total. The molecule has 1 amide bonds. The van der Waals surface area contributed by atoms with Gasteiger partial charge in [0.1, 0.15) is 11.8 Å². The topological polar surface area (TPSA) is 87.1 Å². The average Bonchev–Trinajstić information content (AvgIpc) is 2.87. The Balaban J connectivity index is 2.17. The van der Waals surface area contributed by atoms with Crippen molar-refractivity contribution in [1.29, 1.82) is 0 Å². The van der Waals surface area contributed by atoms with Gasteiger partial charge in [-0.2, -0.15) is 0 Å². The van der Waals surface area contributed by atoms with Crippen LogP contribution in [0.1, 0.15) is 30.1 Å². The molecule has 6 heteroatoms. The van der Waals surface area contributed by atoms with Crippen LogP contribution in [-0.2, 0) is 4.79 Å². The number of nitrogens with zero attached hydrogens (tertiary/aromatic N) is 1. The molecule has 1 fully saturated rings. The molecule has 0 saturated carbocycles. The Kier molecular flexibility index (Phi) is 4.80. The number of ether oxygens (including phenoxy) is 1. The van der Waals surface area contributed by atoms with Crippen LogP contribution in [0.2, 0.25) is 0 Å². The molecule has 1 aliphatic heterocycles. The van der Waals surface area contributed by atoms with Crippen molar-refractivity contribution in [2.75, 3.05) is 13.2 Å². The van der Waals surface area contributed by atoms with Crippen molar-refractivity contribution in [2.24, 2.45) is 0 Å². The number of aliphatic carboxylic acids is 1. The number of hydrogen-bond acceptors (Lipinski definition) is 4. The molecule has 21 heavy (non-hydrogen) atoms. The zero-order valence-corrected chi connectivity index (χ0v) is 11.9. The molecule has 1 heterocycles. The number of carboxylic acid groups (broad SMARTS) is 1. The monoisotopic (exact) mass is 293 g/mol. The van der Waals surface area contributed by atoms with E-state index in [1.54, 1.807) is 24.3 Å². The number of carbonyl (C=O) groups is 2. The van der Waals surface area contributed by atoms with Gasteiger partial charge in [0.25, 0.3) is 5.91 Å². The number of carbonyl (C=O) groups excluding carboxylic acids is 1. The van der Waals surface area contributed by atoms with Gasteiger partial charge in [0.2, 0.25) is 0 Å². The van der Waals surface area contributed by atoms with Crippen LogP contribution in [-0.4, -0.2) is 52.3 Å². The number of aliphatic hydroxyl groups is 1. The summed E-state index contributed by atoms with van der Waals surface area (Å²) in [4.78, 5) is 24.8. The lowest BCUT2D eigenvalue weighted by Crippen LogP contribution is -2.40. The van der Waals surface area contributed by atoms with E-state index in [-0.39, 0.29) is 13.0 Å². The van der Waals surface area contributed by atoms with Crippen molar-refractivity contribution >= 4 is 11.9 Å². The number of carboxylic acids is 1. The Labute approximate surface area is 122 Å².